The molecule has 0 spiro atoms. The van der Waals surface area contributed by atoms with Crippen molar-refractivity contribution in [2.75, 3.05) is 10.7 Å². The molecule has 0 nitrogen and oxygen atoms in total. The van der Waals surface area contributed by atoms with E-state index in [1.807, 2.05) is 12.1 Å². The molecular formula is C15H21Br2Cl. The third-order valence-corrected chi connectivity index (χ3v) is 5.72. The summed E-state index contributed by atoms with van der Waals surface area (Å²) in [6.45, 7) is 6.88. The highest BCUT2D eigenvalue weighted by atomic mass is 79.9. The van der Waals surface area contributed by atoms with Crippen molar-refractivity contribution in [1.82, 2.24) is 0 Å². The topological polar surface area (TPSA) is 0 Å². The number of benzene rings is 1. The minimum absolute atomic E-state index is 0.151. The molecule has 0 aliphatic carbocycles. The van der Waals surface area contributed by atoms with Crippen LogP contribution in [0.3, 0.4) is 0 Å². The third kappa shape index (κ3) is 4.54. The van der Waals surface area contributed by atoms with Crippen LogP contribution in [0.5, 0.6) is 0 Å². The quantitative estimate of drug-likeness (QED) is 0.520. The van der Waals surface area contributed by atoms with Gasteiger partial charge in [0.1, 0.15) is 0 Å². The summed E-state index contributed by atoms with van der Waals surface area (Å²) in [5, 5.41) is 2.72. The van der Waals surface area contributed by atoms with Gasteiger partial charge in [0.05, 0.1) is 0 Å². The Morgan fingerprint density at radius 3 is 1.83 bits per heavy atom. The smallest absolute Gasteiger partial charge is 0.0406 e. The maximum absolute atomic E-state index is 5.97. The Bertz CT molecular complexity index is 361. The zero-order valence-electron chi connectivity index (χ0n) is 11.3. The molecule has 0 N–H and O–H groups in total. The van der Waals surface area contributed by atoms with Crippen molar-refractivity contribution in [3.63, 3.8) is 0 Å². The van der Waals surface area contributed by atoms with Gasteiger partial charge in [-0.05, 0) is 36.0 Å². The molecule has 0 fully saturated rings. The summed E-state index contributed by atoms with van der Waals surface area (Å²) in [5.41, 5.74) is 1.87. The van der Waals surface area contributed by atoms with E-state index in [0.717, 1.165) is 22.1 Å². The number of halogens is 3. The highest BCUT2D eigenvalue weighted by Gasteiger charge is 2.31. The highest BCUT2D eigenvalue weighted by molar-refractivity contribution is 9.09. The average molecular weight is 397 g/mol. The van der Waals surface area contributed by atoms with E-state index in [0.29, 0.717) is 5.41 Å². The Balaban J connectivity index is 2.95. The minimum Gasteiger partial charge on any atom is -0.0918 e. The summed E-state index contributed by atoms with van der Waals surface area (Å²) in [7, 11) is 0. The van der Waals surface area contributed by atoms with Crippen molar-refractivity contribution in [2.45, 2.75) is 39.0 Å². The lowest BCUT2D eigenvalue weighted by atomic mass is 9.76. The van der Waals surface area contributed by atoms with Crippen LogP contribution in [0.25, 0.3) is 0 Å². The number of alkyl halides is 2. The molecule has 0 atom stereocenters. The first kappa shape index (κ1) is 16.5. The fraction of sp³-hybridized carbons (Fsp3) is 0.600. The Hall–Kier alpha value is 0.470. The van der Waals surface area contributed by atoms with Crippen LogP contribution in [0.4, 0.5) is 0 Å². The predicted molar refractivity (Wildman–Crippen MR) is 89.4 cm³/mol. The average Bonchev–Trinajstić information content (AvgIpc) is 2.32. The third-order valence-electron chi connectivity index (χ3n) is 3.32. The van der Waals surface area contributed by atoms with Crippen LogP contribution >= 0.6 is 43.5 Å². The maximum atomic E-state index is 5.97. The molecule has 0 saturated heterocycles. The summed E-state index contributed by atoms with van der Waals surface area (Å²) in [6.07, 6.45) is 2.36. The van der Waals surface area contributed by atoms with Crippen LogP contribution in [0.1, 0.15) is 39.2 Å². The monoisotopic (exact) mass is 394 g/mol. The molecule has 0 aliphatic heterocycles. The van der Waals surface area contributed by atoms with Crippen LogP contribution in [0.2, 0.25) is 5.02 Å². The molecule has 1 aromatic carbocycles. The van der Waals surface area contributed by atoms with Crippen molar-refractivity contribution in [3.8, 4) is 0 Å². The van der Waals surface area contributed by atoms with Crippen LogP contribution in [-0.4, -0.2) is 10.7 Å². The fourth-order valence-electron chi connectivity index (χ4n) is 1.89. The van der Waals surface area contributed by atoms with Crippen molar-refractivity contribution >= 4 is 43.5 Å². The van der Waals surface area contributed by atoms with Gasteiger partial charge in [0.25, 0.3) is 0 Å². The van der Waals surface area contributed by atoms with E-state index in [-0.39, 0.29) is 5.41 Å². The Morgan fingerprint density at radius 2 is 1.44 bits per heavy atom. The van der Waals surface area contributed by atoms with Gasteiger partial charge in [0.15, 0.2) is 0 Å². The highest BCUT2D eigenvalue weighted by Crippen LogP contribution is 2.37. The normalized spacial score (nSPS) is 12.8. The molecule has 3 heteroatoms. The molecule has 1 rings (SSSR count). The lowest BCUT2D eigenvalue weighted by Crippen LogP contribution is -2.31. The molecule has 102 valence electrons. The lowest BCUT2D eigenvalue weighted by Gasteiger charge is -2.33. The van der Waals surface area contributed by atoms with Crippen molar-refractivity contribution in [3.05, 3.63) is 34.9 Å². The van der Waals surface area contributed by atoms with E-state index in [1.54, 1.807) is 0 Å². The van der Waals surface area contributed by atoms with Crippen LogP contribution in [0.15, 0.2) is 24.3 Å². The van der Waals surface area contributed by atoms with Crippen molar-refractivity contribution in [2.24, 2.45) is 5.41 Å². The standard InChI is InChI=1S/C15H21Br2Cl/c1-14(2,3)8-9-15(10-16,11-17)12-4-6-13(18)7-5-12/h4-7H,8-11H2,1-3H3. The molecule has 0 radical (unpaired) electrons. The maximum Gasteiger partial charge on any atom is 0.0406 e. The zero-order chi connectivity index (χ0) is 13.8. The second-order valence-corrected chi connectivity index (χ2v) is 7.67. The van der Waals surface area contributed by atoms with E-state index < -0.39 is 0 Å². The van der Waals surface area contributed by atoms with Crippen LogP contribution in [0, 0.1) is 5.41 Å². The first-order valence-corrected chi connectivity index (χ1v) is 8.83. The first-order chi connectivity index (χ1) is 8.33. The largest absolute Gasteiger partial charge is 0.0918 e. The number of hydrogen-bond acceptors (Lipinski definition) is 0. The summed E-state index contributed by atoms with van der Waals surface area (Å²) >= 11 is 13.4. The van der Waals surface area contributed by atoms with Gasteiger partial charge in [0, 0.05) is 21.1 Å². The molecule has 0 unspecified atom stereocenters. The SMILES string of the molecule is CC(C)(C)CCC(CBr)(CBr)c1ccc(Cl)cc1. The second-order valence-electron chi connectivity index (χ2n) is 6.12. The van der Waals surface area contributed by atoms with Gasteiger partial charge in [-0.25, -0.2) is 0 Å². The number of rotatable bonds is 5. The molecule has 0 aromatic heterocycles. The Morgan fingerprint density at radius 1 is 0.944 bits per heavy atom. The Kier molecular flexibility index (Phi) is 6.21. The molecule has 0 heterocycles. The molecule has 0 amide bonds. The van der Waals surface area contributed by atoms with E-state index in [2.05, 4.69) is 64.8 Å². The lowest BCUT2D eigenvalue weighted by molar-refractivity contribution is 0.321. The van der Waals surface area contributed by atoms with E-state index in [1.165, 1.54) is 12.0 Å². The van der Waals surface area contributed by atoms with Gasteiger partial charge < -0.3 is 0 Å². The molecule has 1 aromatic rings. The molecule has 0 bridgehead atoms. The Labute approximate surface area is 133 Å². The van der Waals surface area contributed by atoms with Crippen LogP contribution in [-0.2, 0) is 5.41 Å². The summed E-state index contributed by atoms with van der Waals surface area (Å²) in [4.78, 5) is 0. The van der Waals surface area contributed by atoms with E-state index in [4.69, 9.17) is 11.6 Å². The molecular weight excluding hydrogens is 375 g/mol. The van der Waals surface area contributed by atoms with Gasteiger partial charge in [-0.2, -0.15) is 0 Å². The van der Waals surface area contributed by atoms with Gasteiger partial charge >= 0.3 is 0 Å². The van der Waals surface area contributed by atoms with Crippen LogP contribution < -0.4 is 0 Å². The molecule has 18 heavy (non-hydrogen) atoms. The van der Waals surface area contributed by atoms with E-state index >= 15 is 0 Å². The van der Waals surface area contributed by atoms with Crippen molar-refractivity contribution in [1.29, 1.82) is 0 Å². The zero-order valence-corrected chi connectivity index (χ0v) is 15.2. The molecule has 0 aliphatic rings. The summed E-state index contributed by atoms with van der Waals surface area (Å²) in [6, 6.07) is 8.25. The minimum atomic E-state index is 0.151. The van der Waals surface area contributed by atoms with Gasteiger partial charge in [-0.15, -0.1) is 0 Å². The number of hydrogen-bond donors (Lipinski definition) is 0. The predicted octanol–water partition coefficient (Wildman–Crippen LogP) is 6.19. The van der Waals surface area contributed by atoms with Gasteiger partial charge in [0.2, 0.25) is 0 Å². The summed E-state index contributed by atoms with van der Waals surface area (Å²) in [5.74, 6) is 0. The van der Waals surface area contributed by atoms with Gasteiger partial charge in [-0.3, -0.25) is 0 Å². The summed E-state index contributed by atoms with van der Waals surface area (Å²) < 4.78 is 0. The first-order valence-electron chi connectivity index (χ1n) is 6.21. The van der Waals surface area contributed by atoms with Crippen molar-refractivity contribution < 1.29 is 0 Å². The second kappa shape index (κ2) is 6.76. The molecule has 0 saturated carbocycles. The van der Waals surface area contributed by atoms with Gasteiger partial charge in [-0.1, -0.05) is 76.4 Å². The fourth-order valence-corrected chi connectivity index (χ4v) is 4.15. The van der Waals surface area contributed by atoms with E-state index in [9.17, 15) is 0 Å².